The van der Waals surface area contributed by atoms with Crippen LogP contribution in [-0.2, 0) is 27.4 Å². The Morgan fingerprint density at radius 1 is 0.909 bits per heavy atom. The van der Waals surface area contributed by atoms with Crippen LogP contribution in [0.3, 0.4) is 0 Å². The minimum atomic E-state index is -0.674. The number of hydrogen-bond donors (Lipinski definition) is 1. The van der Waals surface area contributed by atoms with E-state index in [0.717, 1.165) is 36.1 Å². The van der Waals surface area contributed by atoms with Gasteiger partial charge in [-0.2, -0.15) is 0 Å². The van der Waals surface area contributed by atoms with Gasteiger partial charge in [-0.05, 0) is 79.5 Å². The fourth-order valence-corrected chi connectivity index (χ4v) is 6.73. The average molecular weight is 448 g/mol. The van der Waals surface area contributed by atoms with Gasteiger partial charge in [-0.15, -0.1) is 0 Å². The van der Waals surface area contributed by atoms with Crippen LogP contribution in [0.1, 0.15) is 49.7 Å². The van der Waals surface area contributed by atoms with E-state index in [9.17, 15) is 9.59 Å². The van der Waals surface area contributed by atoms with E-state index in [1.54, 1.807) is 0 Å². The first-order valence-electron chi connectivity index (χ1n) is 12.2. The maximum Gasteiger partial charge on any atom is 0.328 e. The van der Waals surface area contributed by atoms with Crippen molar-refractivity contribution < 1.29 is 19.1 Å². The lowest BCUT2D eigenvalue weighted by Gasteiger charge is -2.55. The molecule has 1 atom stereocenters. The van der Waals surface area contributed by atoms with Crippen molar-refractivity contribution in [3.63, 3.8) is 0 Å². The van der Waals surface area contributed by atoms with Crippen LogP contribution >= 0.6 is 0 Å². The fourth-order valence-electron chi connectivity index (χ4n) is 6.73. The summed E-state index contributed by atoms with van der Waals surface area (Å²) in [5.74, 6) is 2.48. The first-order valence-corrected chi connectivity index (χ1v) is 12.2. The molecule has 0 aromatic heterocycles. The number of methoxy groups -OCH3 is 1. The molecule has 1 amide bonds. The topological polar surface area (TPSA) is 64.6 Å². The van der Waals surface area contributed by atoms with E-state index >= 15 is 0 Å². The molecule has 174 valence electrons. The largest absolute Gasteiger partial charge is 0.489 e. The maximum absolute atomic E-state index is 13.5. The summed E-state index contributed by atoms with van der Waals surface area (Å²) in [6, 6.07) is 17.1. The van der Waals surface area contributed by atoms with Crippen LogP contribution in [0.5, 0.6) is 5.75 Å². The third-order valence-electron chi connectivity index (χ3n) is 7.92. The van der Waals surface area contributed by atoms with Gasteiger partial charge in [0.25, 0.3) is 0 Å². The molecular weight excluding hydrogens is 414 g/mol. The Labute approximate surface area is 195 Å². The summed E-state index contributed by atoms with van der Waals surface area (Å²) in [5.41, 5.74) is 1.79. The summed E-state index contributed by atoms with van der Waals surface area (Å²) in [6.07, 6.45) is 7.19. The Kier molecular flexibility index (Phi) is 6.13. The van der Waals surface area contributed by atoms with Crippen molar-refractivity contribution in [3.05, 3.63) is 65.7 Å². The van der Waals surface area contributed by atoms with E-state index in [4.69, 9.17) is 9.47 Å². The third-order valence-corrected chi connectivity index (χ3v) is 7.92. The average Bonchev–Trinajstić information content (AvgIpc) is 2.82. The van der Waals surface area contributed by atoms with E-state index in [0.29, 0.717) is 30.8 Å². The second-order valence-electron chi connectivity index (χ2n) is 10.4. The second kappa shape index (κ2) is 9.20. The van der Waals surface area contributed by atoms with Crippen LogP contribution in [0.15, 0.2) is 54.6 Å². The number of nitrogens with one attached hydrogen (secondary N) is 1. The van der Waals surface area contributed by atoms with Crippen molar-refractivity contribution in [2.75, 3.05) is 7.11 Å². The highest BCUT2D eigenvalue weighted by molar-refractivity contribution is 5.88. The first kappa shape index (κ1) is 22.0. The van der Waals surface area contributed by atoms with Gasteiger partial charge in [-0.1, -0.05) is 42.5 Å². The zero-order valence-electron chi connectivity index (χ0n) is 19.3. The number of carbonyl (C=O) groups is 2. The van der Waals surface area contributed by atoms with Gasteiger partial charge >= 0.3 is 5.97 Å². The Morgan fingerprint density at radius 3 is 2.09 bits per heavy atom. The molecule has 5 nitrogen and oxygen atoms in total. The van der Waals surface area contributed by atoms with Crippen LogP contribution in [-0.4, -0.2) is 25.0 Å². The Hall–Kier alpha value is -2.82. The molecule has 0 unspecified atom stereocenters. The number of carbonyl (C=O) groups excluding carboxylic acids is 2. The molecule has 4 saturated carbocycles. The fraction of sp³-hybridized carbons (Fsp3) is 0.500. The van der Waals surface area contributed by atoms with E-state index in [-0.39, 0.29) is 11.3 Å². The van der Waals surface area contributed by atoms with Gasteiger partial charge in [0.1, 0.15) is 18.4 Å². The number of hydrogen-bond acceptors (Lipinski definition) is 4. The second-order valence-corrected chi connectivity index (χ2v) is 10.4. The van der Waals surface area contributed by atoms with Crippen molar-refractivity contribution in [1.82, 2.24) is 5.32 Å². The quantitative estimate of drug-likeness (QED) is 0.597. The van der Waals surface area contributed by atoms with Gasteiger partial charge in [0.2, 0.25) is 5.91 Å². The molecule has 4 bridgehead atoms. The Morgan fingerprint density at radius 2 is 1.52 bits per heavy atom. The maximum atomic E-state index is 13.5. The number of ether oxygens (including phenoxy) is 2. The van der Waals surface area contributed by atoms with Gasteiger partial charge in [-0.25, -0.2) is 4.79 Å². The van der Waals surface area contributed by atoms with Crippen molar-refractivity contribution in [3.8, 4) is 5.75 Å². The molecule has 6 rings (SSSR count). The van der Waals surface area contributed by atoms with E-state index in [2.05, 4.69) is 5.32 Å². The van der Waals surface area contributed by atoms with Crippen LogP contribution in [0.4, 0.5) is 0 Å². The van der Waals surface area contributed by atoms with Gasteiger partial charge in [-0.3, -0.25) is 4.79 Å². The standard InChI is InChI=1S/C28H33NO4/c1-32-26(30)25(29-27(31)28-15-21-11-22(16-28)13-23(12-21)17-28)14-19-7-9-24(10-8-19)33-18-20-5-3-2-4-6-20/h2-10,21-23,25H,11-18H2,1H3,(H,29,31)/t21?,22?,23?,25-,28?/m1/s1. The number of rotatable bonds is 8. The van der Waals surface area contributed by atoms with E-state index in [1.807, 2.05) is 54.6 Å². The molecule has 0 radical (unpaired) electrons. The number of amides is 1. The summed E-state index contributed by atoms with van der Waals surface area (Å²) in [6.45, 7) is 0.506. The molecule has 4 aliphatic rings. The summed E-state index contributed by atoms with van der Waals surface area (Å²) >= 11 is 0. The molecule has 5 heteroatoms. The molecule has 4 fully saturated rings. The van der Waals surface area contributed by atoms with Gasteiger partial charge in [0.05, 0.1) is 7.11 Å². The predicted molar refractivity (Wildman–Crippen MR) is 125 cm³/mol. The smallest absolute Gasteiger partial charge is 0.328 e. The normalized spacial score (nSPS) is 28.2. The minimum Gasteiger partial charge on any atom is -0.489 e. The Balaban J connectivity index is 1.22. The van der Waals surface area contributed by atoms with Crippen LogP contribution in [0.25, 0.3) is 0 Å². The summed E-state index contributed by atoms with van der Waals surface area (Å²) in [5, 5.41) is 3.09. The highest BCUT2D eigenvalue weighted by atomic mass is 16.5. The monoisotopic (exact) mass is 447 g/mol. The lowest BCUT2D eigenvalue weighted by Crippen LogP contribution is -2.56. The van der Waals surface area contributed by atoms with Crippen LogP contribution in [0, 0.1) is 23.2 Å². The molecule has 4 aliphatic carbocycles. The van der Waals surface area contributed by atoms with Crippen LogP contribution < -0.4 is 10.1 Å². The zero-order chi connectivity index (χ0) is 22.8. The molecule has 0 aliphatic heterocycles. The highest BCUT2D eigenvalue weighted by Crippen LogP contribution is 2.60. The summed E-state index contributed by atoms with van der Waals surface area (Å²) in [4.78, 5) is 26.0. The molecule has 0 spiro atoms. The first-order chi connectivity index (χ1) is 16.0. The van der Waals surface area contributed by atoms with Crippen LogP contribution in [0.2, 0.25) is 0 Å². The van der Waals surface area contributed by atoms with E-state index < -0.39 is 12.0 Å². The van der Waals surface area contributed by atoms with Crippen molar-refractivity contribution in [2.45, 2.75) is 57.6 Å². The highest BCUT2D eigenvalue weighted by Gasteiger charge is 2.55. The summed E-state index contributed by atoms with van der Waals surface area (Å²) in [7, 11) is 1.38. The number of esters is 1. The molecule has 0 saturated heterocycles. The third kappa shape index (κ3) is 4.78. The predicted octanol–water partition coefficient (Wildman–Crippen LogP) is 4.68. The van der Waals surface area contributed by atoms with Crippen molar-refractivity contribution >= 4 is 11.9 Å². The molecule has 1 N–H and O–H groups in total. The number of benzene rings is 2. The molecule has 2 aromatic carbocycles. The van der Waals surface area contributed by atoms with Gasteiger partial charge in [0, 0.05) is 11.8 Å². The Bertz CT molecular complexity index is 949. The van der Waals surface area contributed by atoms with Crippen molar-refractivity contribution in [1.29, 1.82) is 0 Å². The molecular formula is C28H33NO4. The molecule has 2 aromatic rings. The molecule has 0 heterocycles. The van der Waals surface area contributed by atoms with E-state index in [1.165, 1.54) is 26.4 Å². The minimum absolute atomic E-state index is 0.0554. The van der Waals surface area contributed by atoms with Gasteiger partial charge in [0.15, 0.2) is 0 Å². The lowest BCUT2D eigenvalue weighted by atomic mass is 9.49. The zero-order valence-corrected chi connectivity index (χ0v) is 19.3. The lowest BCUT2D eigenvalue weighted by molar-refractivity contribution is -0.152. The summed E-state index contributed by atoms with van der Waals surface area (Å²) < 4.78 is 10.9. The SMILES string of the molecule is COC(=O)[C@@H](Cc1ccc(OCc2ccccc2)cc1)NC(=O)C12CC3CC(CC(C3)C1)C2. The van der Waals surface area contributed by atoms with Gasteiger partial charge < -0.3 is 14.8 Å². The van der Waals surface area contributed by atoms with Crippen molar-refractivity contribution in [2.24, 2.45) is 23.2 Å². The molecule has 33 heavy (non-hydrogen) atoms.